The third kappa shape index (κ3) is 6.46. The molecular weight excluding hydrogens is 636 g/mol. The predicted octanol–water partition coefficient (Wildman–Crippen LogP) is -3.61. The number of aromatic nitrogens is 8. The molecule has 0 unspecified atom stereocenters. The van der Waals surface area contributed by atoms with Crippen molar-refractivity contribution in [3.63, 3.8) is 0 Å². The number of carbonyl (C=O) groups is 1. The second-order valence-corrected chi connectivity index (χ2v) is 11.7. The fourth-order valence-corrected chi connectivity index (χ4v) is 5.95. The Balaban J connectivity index is 1.10. The Kier molecular flexibility index (Phi) is 9.91. The molecule has 0 saturated carbocycles. The summed E-state index contributed by atoms with van der Waals surface area (Å²) in [7, 11) is 0. The molecule has 2 fully saturated rings. The van der Waals surface area contributed by atoms with Gasteiger partial charge in [-0.3, -0.25) is 13.9 Å². The molecule has 21 nitrogen and oxygen atoms in total. The highest BCUT2D eigenvalue weighted by Crippen LogP contribution is 2.33. The van der Waals surface area contributed by atoms with Crippen molar-refractivity contribution in [2.75, 3.05) is 43.8 Å². The van der Waals surface area contributed by atoms with E-state index in [4.69, 9.17) is 20.9 Å². The largest absolute Gasteiger partial charge is 0.480 e. The molecule has 2 aliphatic heterocycles. The van der Waals surface area contributed by atoms with Gasteiger partial charge < -0.3 is 61.8 Å². The maximum Gasteiger partial charge on any atom is 0.320 e. The maximum atomic E-state index is 11.4. The Hall–Kier alpha value is -4.19. The molecule has 6 rings (SSSR count). The third-order valence-electron chi connectivity index (χ3n) is 8.60. The first-order chi connectivity index (χ1) is 23.1. The van der Waals surface area contributed by atoms with Crippen LogP contribution in [0, 0.1) is 0 Å². The number of aliphatic hydroxyl groups is 5. The molecule has 21 heteroatoms. The molecule has 4 aromatic heterocycles. The van der Waals surface area contributed by atoms with Gasteiger partial charge in [0, 0.05) is 19.6 Å². The number of aliphatic carboxylic acids is 1. The zero-order valence-corrected chi connectivity index (χ0v) is 25.5. The number of carboxylic acids is 1. The summed E-state index contributed by atoms with van der Waals surface area (Å²) in [5.74, 6) is -0.573. The van der Waals surface area contributed by atoms with Gasteiger partial charge in [0.25, 0.3) is 0 Å². The minimum Gasteiger partial charge on any atom is -0.480 e. The minimum absolute atomic E-state index is 0.130. The summed E-state index contributed by atoms with van der Waals surface area (Å²) in [6.45, 7) is 0.774. The van der Waals surface area contributed by atoms with Crippen molar-refractivity contribution < 1.29 is 44.9 Å². The van der Waals surface area contributed by atoms with E-state index in [1.165, 1.54) is 34.4 Å². The van der Waals surface area contributed by atoms with Crippen LogP contribution in [0.15, 0.2) is 25.3 Å². The van der Waals surface area contributed by atoms with Gasteiger partial charge in [-0.25, -0.2) is 29.9 Å². The quantitative estimate of drug-likeness (QED) is 0.0583. The average Bonchev–Trinajstić information content (AvgIpc) is 3.84. The topological polar surface area (TPSA) is 311 Å². The minimum atomic E-state index is -1.32. The van der Waals surface area contributed by atoms with Gasteiger partial charge in [-0.2, -0.15) is 0 Å². The second-order valence-electron chi connectivity index (χ2n) is 11.7. The highest BCUT2D eigenvalue weighted by atomic mass is 16.6. The van der Waals surface area contributed by atoms with E-state index in [0.717, 1.165) is 0 Å². The third-order valence-corrected chi connectivity index (χ3v) is 8.60. The van der Waals surface area contributed by atoms with Crippen molar-refractivity contribution in [1.82, 2.24) is 43.9 Å². The van der Waals surface area contributed by atoms with Crippen LogP contribution < -0.4 is 16.8 Å². The lowest BCUT2D eigenvalue weighted by Crippen LogP contribution is -2.43. The van der Waals surface area contributed by atoms with Crippen LogP contribution in [-0.2, 0) is 14.3 Å². The number of nitrogen functional groups attached to an aromatic ring is 1. The molecule has 0 spiro atoms. The predicted molar refractivity (Wildman–Crippen MR) is 164 cm³/mol. The van der Waals surface area contributed by atoms with Gasteiger partial charge in [-0.05, 0) is 19.4 Å². The normalized spacial score (nSPS) is 28.1. The number of imidazole rings is 2. The standard InChI is InChI=1S/C27H38N12O9/c28-12(27(45)46)2-5-37(6-13-17(41)19(43)25(47-13)38-10-35-15-21(29)31-8-33-23(15)38)4-1-3-30-22-16-24(34-9-32-22)39(11-36-16)26-20(44)18(42)14(7-40)48-26/h8-14,17-20,25-26,40-44H,1-7,28H2,(H,45,46)(H2,29,31,33)(H,30,32,34)/t12-,13-,14-,17+,18+,19+,20+,25+,26-/m0/s1. The number of aliphatic hydroxyl groups excluding tert-OH is 5. The van der Waals surface area contributed by atoms with Crippen LogP contribution in [-0.4, -0.2) is 156 Å². The van der Waals surface area contributed by atoms with Crippen molar-refractivity contribution in [3.8, 4) is 0 Å². The van der Waals surface area contributed by atoms with Gasteiger partial charge in [0.2, 0.25) is 0 Å². The first kappa shape index (κ1) is 33.7. The fraction of sp³-hybridized carbons (Fsp3) is 0.593. The lowest BCUT2D eigenvalue weighted by molar-refractivity contribution is -0.138. The first-order valence-corrected chi connectivity index (χ1v) is 15.3. The molecule has 48 heavy (non-hydrogen) atoms. The van der Waals surface area contributed by atoms with Crippen molar-refractivity contribution >= 4 is 39.9 Å². The van der Waals surface area contributed by atoms with Gasteiger partial charge in [-0.1, -0.05) is 0 Å². The van der Waals surface area contributed by atoms with Crippen LogP contribution in [0.1, 0.15) is 25.3 Å². The van der Waals surface area contributed by atoms with E-state index in [1.54, 1.807) is 0 Å². The van der Waals surface area contributed by atoms with E-state index < -0.39 is 67.7 Å². The summed E-state index contributed by atoms with van der Waals surface area (Å²) in [5, 5.41) is 64.4. The SMILES string of the molecule is Nc1ncnc2c1ncn2[C@@H]1O[C@@H](CN(CCCNc2ncnc3c2ncn3[C@H]2O[C@@H](CO)[C@@H](O)[C@H]2O)CC[C@H](N)C(=O)O)[C@@H](O)[C@H]1O. The molecule has 2 saturated heterocycles. The highest BCUT2D eigenvalue weighted by molar-refractivity contribution is 5.83. The smallest absolute Gasteiger partial charge is 0.320 e. The lowest BCUT2D eigenvalue weighted by Gasteiger charge is -2.27. The number of nitrogens with zero attached hydrogens (tertiary/aromatic N) is 9. The number of ether oxygens (including phenoxy) is 2. The lowest BCUT2D eigenvalue weighted by atomic mass is 10.1. The molecule has 9 atom stereocenters. The number of nitrogens with two attached hydrogens (primary N) is 2. The monoisotopic (exact) mass is 674 g/mol. The van der Waals surface area contributed by atoms with Crippen LogP contribution in [0.3, 0.4) is 0 Å². The van der Waals surface area contributed by atoms with Crippen LogP contribution in [0.25, 0.3) is 22.3 Å². The second kappa shape index (κ2) is 14.1. The number of fused-ring (bicyclic) bond motifs is 2. The average molecular weight is 675 g/mol. The van der Waals surface area contributed by atoms with Crippen LogP contribution in [0.5, 0.6) is 0 Å². The summed E-state index contributed by atoms with van der Waals surface area (Å²) >= 11 is 0. The Labute approximate surface area is 271 Å². The van der Waals surface area contributed by atoms with Gasteiger partial charge in [0.05, 0.1) is 19.3 Å². The van der Waals surface area contributed by atoms with Gasteiger partial charge >= 0.3 is 5.97 Å². The Morgan fingerprint density at radius 2 is 1.48 bits per heavy atom. The number of hydrogen-bond acceptors (Lipinski definition) is 18. The van der Waals surface area contributed by atoms with E-state index in [-0.39, 0.29) is 25.3 Å². The maximum absolute atomic E-state index is 11.4. The summed E-state index contributed by atoms with van der Waals surface area (Å²) in [6, 6.07) is -1.10. The van der Waals surface area contributed by atoms with Crippen molar-refractivity contribution in [3.05, 3.63) is 25.3 Å². The van der Waals surface area contributed by atoms with E-state index in [1.807, 2.05) is 4.90 Å². The summed E-state index contributed by atoms with van der Waals surface area (Å²) in [4.78, 5) is 38.5. The number of carboxylic acid groups (broad SMARTS) is 1. The Bertz CT molecular complexity index is 1720. The molecule has 0 amide bonds. The molecule has 4 aromatic rings. The number of anilines is 2. The summed E-state index contributed by atoms with van der Waals surface area (Å²) < 4.78 is 14.6. The Morgan fingerprint density at radius 3 is 2.12 bits per heavy atom. The molecule has 0 radical (unpaired) electrons. The molecule has 0 bridgehead atoms. The van der Waals surface area contributed by atoms with Crippen molar-refractivity contribution in [2.45, 2.75) is 68.0 Å². The molecule has 6 heterocycles. The van der Waals surface area contributed by atoms with E-state index in [9.17, 15) is 35.4 Å². The molecule has 0 aliphatic carbocycles. The number of hydrogen-bond donors (Lipinski definition) is 9. The highest BCUT2D eigenvalue weighted by Gasteiger charge is 2.45. The molecular formula is C27H38N12O9. The van der Waals surface area contributed by atoms with Gasteiger partial charge in [-0.15, -0.1) is 0 Å². The van der Waals surface area contributed by atoms with Crippen molar-refractivity contribution in [1.29, 1.82) is 0 Å². The Morgan fingerprint density at radius 1 is 0.875 bits per heavy atom. The van der Waals surface area contributed by atoms with Gasteiger partial charge in [0.1, 0.15) is 60.8 Å². The zero-order valence-electron chi connectivity index (χ0n) is 25.5. The molecule has 2 aliphatic rings. The number of rotatable bonds is 14. The van der Waals surface area contributed by atoms with E-state index in [0.29, 0.717) is 47.7 Å². The van der Waals surface area contributed by atoms with Crippen LogP contribution in [0.2, 0.25) is 0 Å². The summed E-state index contributed by atoms with van der Waals surface area (Å²) in [5.41, 5.74) is 13.0. The molecule has 11 N–H and O–H groups in total. The van der Waals surface area contributed by atoms with Crippen LogP contribution in [0.4, 0.5) is 11.6 Å². The van der Waals surface area contributed by atoms with E-state index in [2.05, 4.69) is 35.2 Å². The first-order valence-electron chi connectivity index (χ1n) is 15.3. The van der Waals surface area contributed by atoms with Crippen LogP contribution >= 0.6 is 0 Å². The van der Waals surface area contributed by atoms with Crippen molar-refractivity contribution in [2.24, 2.45) is 5.73 Å². The van der Waals surface area contributed by atoms with Gasteiger partial charge in [0.15, 0.2) is 40.9 Å². The fourth-order valence-electron chi connectivity index (χ4n) is 5.95. The zero-order chi connectivity index (χ0) is 34.1. The van der Waals surface area contributed by atoms with E-state index >= 15 is 0 Å². The summed E-state index contributed by atoms with van der Waals surface area (Å²) in [6.07, 6.45) is -2.98. The molecule has 260 valence electrons. The number of nitrogens with one attached hydrogen (secondary N) is 1. The molecule has 0 aromatic carbocycles.